The van der Waals surface area contributed by atoms with Gasteiger partial charge in [0.15, 0.2) is 0 Å². The number of rotatable bonds is 5. The van der Waals surface area contributed by atoms with Crippen LogP contribution in [0.15, 0.2) is 24.3 Å². The molecule has 1 aliphatic carbocycles. The van der Waals surface area contributed by atoms with Gasteiger partial charge in [-0.15, -0.1) is 0 Å². The van der Waals surface area contributed by atoms with E-state index in [9.17, 15) is 0 Å². The fourth-order valence-corrected chi connectivity index (χ4v) is 3.51. The monoisotopic (exact) mass is 274 g/mol. The van der Waals surface area contributed by atoms with Crippen LogP contribution in [-0.2, 0) is 6.42 Å². The van der Waals surface area contributed by atoms with Gasteiger partial charge in [-0.2, -0.15) is 0 Å². The Balaban J connectivity index is 2.07. The number of anilines is 1. The van der Waals surface area contributed by atoms with Crippen LogP contribution in [0, 0.1) is 5.92 Å². The van der Waals surface area contributed by atoms with Gasteiger partial charge in [-0.3, -0.25) is 0 Å². The molecule has 0 saturated heterocycles. The van der Waals surface area contributed by atoms with Crippen LogP contribution in [0.4, 0.5) is 5.69 Å². The van der Waals surface area contributed by atoms with Gasteiger partial charge in [-0.1, -0.05) is 31.5 Å². The van der Waals surface area contributed by atoms with Crippen LogP contribution >= 0.6 is 0 Å². The maximum absolute atomic E-state index is 5.99. The van der Waals surface area contributed by atoms with Crippen molar-refractivity contribution in [1.29, 1.82) is 0 Å². The van der Waals surface area contributed by atoms with Crippen LogP contribution in [0.1, 0.15) is 51.5 Å². The van der Waals surface area contributed by atoms with E-state index in [2.05, 4.69) is 50.1 Å². The van der Waals surface area contributed by atoms with Gasteiger partial charge in [-0.05, 0) is 56.6 Å². The lowest BCUT2D eigenvalue weighted by Gasteiger charge is -2.37. The maximum Gasteiger partial charge on any atom is 0.0399 e. The Morgan fingerprint density at radius 1 is 1.20 bits per heavy atom. The molecule has 2 N–H and O–H groups in total. The molecule has 112 valence electrons. The van der Waals surface area contributed by atoms with Crippen molar-refractivity contribution in [2.75, 3.05) is 11.9 Å². The quantitative estimate of drug-likeness (QED) is 0.880. The van der Waals surface area contributed by atoms with Crippen LogP contribution in [0.25, 0.3) is 0 Å². The Kier molecular flexibility index (Phi) is 5.47. The molecule has 1 aromatic carbocycles. The van der Waals surface area contributed by atoms with Crippen molar-refractivity contribution in [3.8, 4) is 0 Å². The minimum atomic E-state index is 0.223. The topological polar surface area (TPSA) is 29.3 Å². The molecular weight excluding hydrogens is 244 g/mol. The highest BCUT2D eigenvalue weighted by Crippen LogP contribution is 2.32. The number of para-hydroxylation sites is 1. The number of nitrogens with two attached hydrogens (primary N) is 1. The normalized spacial score (nSPS) is 24.4. The van der Waals surface area contributed by atoms with Crippen molar-refractivity contribution in [1.82, 2.24) is 0 Å². The molecule has 1 saturated carbocycles. The van der Waals surface area contributed by atoms with Crippen molar-refractivity contribution in [2.24, 2.45) is 11.7 Å². The van der Waals surface area contributed by atoms with E-state index in [1.807, 2.05) is 0 Å². The van der Waals surface area contributed by atoms with Gasteiger partial charge in [0.05, 0.1) is 0 Å². The summed E-state index contributed by atoms with van der Waals surface area (Å²) in [6, 6.07) is 9.68. The highest BCUT2D eigenvalue weighted by Gasteiger charge is 2.24. The average molecular weight is 274 g/mol. The van der Waals surface area contributed by atoms with E-state index in [1.165, 1.54) is 43.4 Å². The molecule has 0 aromatic heterocycles. The van der Waals surface area contributed by atoms with E-state index < -0.39 is 0 Å². The summed E-state index contributed by atoms with van der Waals surface area (Å²) < 4.78 is 0. The summed E-state index contributed by atoms with van der Waals surface area (Å²) >= 11 is 0. The molecule has 1 atom stereocenters. The van der Waals surface area contributed by atoms with Crippen molar-refractivity contribution in [3.05, 3.63) is 29.8 Å². The predicted molar refractivity (Wildman–Crippen MR) is 88.2 cm³/mol. The Morgan fingerprint density at radius 2 is 1.85 bits per heavy atom. The first-order valence-electron chi connectivity index (χ1n) is 8.18. The summed E-state index contributed by atoms with van der Waals surface area (Å²) in [5.74, 6) is 0.957. The molecule has 0 heterocycles. The first-order chi connectivity index (χ1) is 9.61. The Morgan fingerprint density at radius 3 is 2.45 bits per heavy atom. The van der Waals surface area contributed by atoms with Crippen LogP contribution in [-0.4, -0.2) is 19.1 Å². The lowest BCUT2D eigenvalue weighted by Crippen LogP contribution is -2.36. The third-order valence-electron chi connectivity index (χ3n) is 4.85. The summed E-state index contributed by atoms with van der Waals surface area (Å²) in [6.07, 6.45) is 7.76. The fourth-order valence-electron chi connectivity index (χ4n) is 3.51. The fraction of sp³-hybridized carbons (Fsp3) is 0.667. The largest absolute Gasteiger partial charge is 0.371 e. The smallest absolute Gasteiger partial charge is 0.0399 e. The average Bonchev–Trinajstić information content (AvgIpc) is 2.46. The van der Waals surface area contributed by atoms with Gasteiger partial charge < -0.3 is 10.6 Å². The van der Waals surface area contributed by atoms with Crippen LogP contribution in [0.2, 0.25) is 0 Å². The maximum atomic E-state index is 5.99. The van der Waals surface area contributed by atoms with Gasteiger partial charge in [0.1, 0.15) is 0 Å². The molecule has 1 aromatic rings. The van der Waals surface area contributed by atoms with Gasteiger partial charge in [0.25, 0.3) is 0 Å². The molecule has 20 heavy (non-hydrogen) atoms. The Hall–Kier alpha value is -1.02. The van der Waals surface area contributed by atoms with Gasteiger partial charge >= 0.3 is 0 Å². The van der Waals surface area contributed by atoms with Crippen molar-refractivity contribution in [2.45, 2.75) is 64.5 Å². The second-order valence-corrected chi connectivity index (χ2v) is 6.50. The molecular formula is C18H30N2. The molecule has 0 radical (unpaired) electrons. The molecule has 0 aliphatic heterocycles. The van der Waals surface area contributed by atoms with E-state index in [4.69, 9.17) is 5.73 Å². The van der Waals surface area contributed by atoms with Gasteiger partial charge in [0.2, 0.25) is 0 Å². The standard InChI is InChI=1S/C18H30N2/c1-4-15-9-11-17(12-10-15)20(3)18-8-6-5-7-16(18)13-14(2)19/h5-8,14-15,17H,4,9-13,19H2,1-3H3. The lowest BCUT2D eigenvalue weighted by atomic mass is 9.84. The second kappa shape index (κ2) is 7.12. The third-order valence-corrected chi connectivity index (χ3v) is 4.85. The summed E-state index contributed by atoms with van der Waals surface area (Å²) in [5, 5.41) is 0. The minimum absolute atomic E-state index is 0.223. The van der Waals surface area contributed by atoms with E-state index in [-0.39, 0.29) is 6.04 Å². The van der Waals surface area contributed by atoms with Crippen molar-refractivity contribution < 1.29 is 0 Å². The molecule has 1 aliphatic rings. The predicted octanol–water partition coefficient (Wildman–Crippen LogP) is 3.98. The van der Waals surface area contributed by atoms with Crippen LogP contribution in [0.3, 0.4) is 0 Å². The van der Waals surface area contributed by atoms with E-state index in [1.54, 1.807) is 0 Å². The van der Waals surface area contributed by atoms with Crippen LogP contribution < -0.4 is 10.6 Å². The highest BCUT2D eigenvalue weighted by atomic mass is 15.1. The molecule has 1 unspecified atom stereocenters. The molecule has 2 nitrogen and oxygen atoms in total. The zero-order chi connectivity index (χ0) is 14.5. The van der Waals surface area contributed by atoms with E-state index in [0.717, 1.165) is 12.3 Å². The number of benzene rings is 1. The highest BCUT2D eigenvalue weighted by molar-refractivity contribution is 5.54. The number of hydrogen-bond acceptors (Lipinski definition) is 2. The minimum Gasteiger partial charge on any atom is -0.371 e. The Bertz CT molecular complexity index is 406. The number of hydrogen-bond donors (Lipinski definition) is 1. The van der Waals surface area contributed by atoms with Crippen molar-refractivity contribution >= 4 is 5.69 Å². The van der Waals surface area contributed by atoms with Gasteiger partial charge in [-0.25, -0.2) is 0 Å². The SMILES string of the molecule is CCC1CCC(N(C)c2ccccc2CC(C)N)CC1. The van der Waals surface area contributed by atoms with E-state index >= 15 is 0 Å². The Labute approximate surface area is 124 Å². The molecule has 0 bridgehead atoms. The summed E-state index contributed by atoms with van der Waals surface area (Å²) in [6.45, 7) is 4.41. The summed E-state index contributed by atoms with van der Waals surface area (Å²) in [5.41, 5.74) is 8.76. The third kappa shape index (κ3) is 3.76. The van der Waals surface area contributed by atoms with Crippen molar-refractivity contribution in [3.63, 3.8) is 0 Å². The molecule has 2 rings (SSSR count). The summed E-state index contributed by atoms with van der Waals surface area (Å²) in [4.78, 5) is 2.50. The molecule has 1 fully saturated rings. The van der Waals surface area contributed by atoms with E-state index in [0.29, 0.717) is 6.04 Å². The van der Waals surface area contributed by atoms with Crippen LogP contribution in [0.5, 0.6) is 0 Å². The number of nitrogens with zero attached hydrogens (tertiary/aromatic N) is 1. The molecule has 2 heteroatoms. The summed E-state index contributed by atoms with van der Waals surface area (Å²) in [7, 11) is 2.26. The first kappa shape index (κ1) is 15.4. The molecule has 0 spiro atoms. The van der Waals surface area contributed by atoms with Gasteiger partial charge in [0, 0.05) is 24.8 Å². The molecule has 0 amide bonds. The first-order valence-corrected chi connectivity index (χ1v) is 8.18. The zero-order valence-electron chi connectivity index (χ0n) is 13.3. The second-order valence-electron chi connectivity index (χ2n) is 6.50. The zero-order valence-corrected chi connectivity index (χ0v) is 13.3. The lowest BCUT2D eigenvalue weighted by molar-refractivity contribution is 0.313.